The summed E-state index contributed by atoms with van der Waals surface area (Å²) in [5.74, 6) is -1.19. The molecule has 0 spiro atoms. The number of ketones is 1. The summed E-state index contributed by atoms with van der Waals surface area (Å²) in [6.07, 6.45) is 1.56. The summed E-state index contributed by atoms with van der Waals surface area (Å²) in [6.45, 7) is 0. The van der Waals surface area contributed by atoms with Crippen LogP contribution >= 0.6 is 23.2 Å². The summed E-state index contributed by atoms with van der Waals surface area (Å²) in [5, 5.41) is 10.0. The third kappa shape index (κ3) is 3.16. The molecule has 1 heterocycles. The van der Waals surface area contributed by atoms with Crippen LogP contribution in [0, 0.1) is 11.3 Å². The molecule has 0 N–H and O–H groups in total. The highest BCUT2D eigenvalue weighted by atomic mass is 35.5. The van der Waals surface area contributed by atoms with Gasteiger partial charge in [-0.1, -0.05) is 35.3 Å². The maximum absolute atomic E-state index is 12.3. The Hall–Kier alpha value is -1.89. The Morgan fingerprint density at radius 1 is 1.20 bits per heavy atom. The number of pyridine rings is 1. The zero-order valence-corrected chi connectivity index (χ0v) is 11.9. The molecule has 1 aromatic carbocycles. The van der Waals surface area contributed by atoms with Gasteiger partial charge in [0.2, 0.25) is 0 Å². The number of aromatic nitrogens is 1. The topological polar surface area (TPSA) is 53.8 Å². The molecule has 0 unspecified atom stereocenters. The standard InChI is InChI=1S/C15H10Cl2N2O/c16-12-4-3-5-13(17)10(12)8-15(20)11(9-18)14-6-1-2-7-19-14/h1-7,11H,8H2/t11-/m1/s1. The minimum absolute atomic E-state index is 0.00725. The molecule has 1 aromatic heterocycles. The van der Waals surface area contributed by atoms with E-state index >= 15 is 0 Å². The van der Waals surface area contributed by atoms with Crippen LogP contribution in [-0.4, -0.2) is 10.8 Å². The fraction of sp³-hybridized carbons (Fsp3) is 0.133. The van der Waals surface area contributed by atoms with Gasteiger partial charge in [0.1, 0.15) is 5.92 Å². The van der Waals surface area contributed by atoms with Crippen LogP contribution in [-0.2, 0) is 11.2 Å². The molecule has 2 aromatic rings. The quantitative estimate of drug-likeness (QED) is 0.863. The van der Waals surface area contributed by atoms with Gasteiger partial charge in [-0.15, -0.1) is 0 Å². The van der Waals surface area contributed by atoms with E-state index in [1.807, 2.05) is 6.07 Å². The zero-order valence-electron chi connectivity index (χ0n) is 10.4. The molecule has 0 aliphatic rings. The summed E-state index contributed by atoms with van der Waals surface area (Å²) in [6, 6.07) is 12.1. The van der Waals surface area contributed by atoms with Crippen molar-refractivity contribution >= 4 is 29.0 Å². The Balaban J connectivity index is 2.26. The summed E-state index contributed by atoms with van der Waals surface area (Å²) in [4.78, 5) is 16.3. The molecule has 20 heavy (non-hydrogen) atoms. The summed E-state index contributed by atoms with van der Waals surface area (Å²) < 4.78 is 0. The fourth-order valence-corrected chi connectivity index (χ4v) is 2.36. The van der Waals surface area contributed by atoms with Gasteiger partial charge in [0.05, 0.1) is 11.8 Å². The first-order chi connectivity index (χ1) is 9.63. The lowest BCUT2D eigenvalue weighted by Gasteiger charge is -2.10. The number of nitriles is 1. The first-order valence-corrected chi connectivity index (χ1v) is 6.65. The zero-order chi connectivity index (χ0) is 14.5. The van der Waals surface area contributed by atoms with Crippen molar-refractivity contribution in [1.29, 1.82) is 5.26 Å². The molecular formula is C15H10Cl2N2O. The van der Waals surface area contributed by atoms with Crippen LogP contribution in [0.5, 0.6) is 0 Å². The smallest absolute Gasteiger partial charge is 0.160 e. The largest absolute Gasteiger partial charge is 0.297 e. The number of Topliss-reactive ketones (excluding diaryl/α,β-unsaturated/α-hetero) is 1. The molecule has 100 valence electrons. The van der Waals surface area contributed by atoms with E-state index in [0.717, 1.165) is 0 Å². The van der Waals surface area contributed by atoms with E-state index in [9.17, 15) is 10.1 Å². The average molecular weight is 305 g/mol. The third-order valence-electron chi connectivity index (χ3n) is 2.85. The molecule has 0 aliphatic carbocycles. The van der Waals surface area contributed by atoms with E-state index in [1.54, 1.807) is 42.6 Å². The van der Waals surface area contributed by atoms with Gasteiger partial charge in [-0.05, 0) is 29.8 Å². The van der Waals surface area contributed by atoms with Gasteiger partial charge in [-0.2, -0.15) is 5.26 Å². The third-order valence-corrected chi connectivity index (χ3v) is 3.56. The van der Waals surface area contributed by atoms with Gasteiger partial charge in [0.25, 0.3) is 0 Å². The van der Waals surface area contributed by atoms with Crippen LogP contribution in [0.1, 0.15) is 17.2 Å². The van der Waals surface area contributed by atoms with Crippen molar-refractivity contribution < 1.29 is 4.79 Å². The maximum atomic E-state index is 12.3. The molecule has 0 fully saturated rings. The lowest BCUT2D eigenvalue weighted by molar-refractivity contribution is -0.118. The first-order valence-electron chi connectivity index (χ1n) is 5.89. The second-order valence-corrected chi connectivity index (χ2v) is 4.97. The lowest BCUT2D eigenvalue weighted by Crippen LogP contribution is -2.15. The van der Waals surface area contributed by atoms with Crippen molar-refractivity contribution in [3.63, 3.8) is 0 Å². The number of rotatable bonds is 4. The van der Waals surface area contributed by atoms with Crippen molar-refractivity contribution in [3.05, 3.63) is 63.9 Å². The SMILES string of the molecule is N#C[C@@H](C(=O)Cc1c(Cl)cccc1Cl)c1ccccn1. The summed E-state index contributed by atoms with van der Waals surface area (Å²) >= 11 is 12.1. The minimum atomic E-state index is -0.913. The Labute approximate surface area is 126 Å². The van der Waals surface area contributed by atoms with E-state index in [2.05, 4.69) is 4.98 Å². The normalized spacial score (nSPS) is 11.7. The predicted octanol–water partition coefficient (Wildman–Crippen LogP) is 3.81. The van der Waals surface area contributed by atoms with Crippen LogP contribution < -0.4 is 0 Å². The van der Waals surface area contributed by atoms with E-state index in [1.165, 1.54) is 0 Å². The van der Waals surface area contributed by atoms with Crippen LogP contribution in [0.15, 0.2) is 42.6 Å². The molecule has 0 amide bonds. The summed E-state index contributed by atoms with van der Waals surface area (Å²) in [5.41, 5.74) is 0.972. The number of nitrogens with zero attached hydrogens (tertiary/aromatic N) is 2. The Morgan fingerprint density at radius 3 is 2.45 bits per heavy atom. The van der Waals surface area contributed by atoms with Crippen molar-refractivity contribution in [3.8, 4) is 6.07 Å². The van der Waals surface area contributed by atoms with E-state index in [-0.39, 0.29) is 12.2 Å². The average Bonchev–Trinajstić information content (AvgIpc) is 2.45. The highest BCUT2D eigenvalue weighted by Gasteiger charge is 2.23. The summed E-state index contributed by atoms with van der Waals surface area (Å²) in [7, 11) is 0. The molecule has 1 atom stereocenters. The molecule has 0 saturated carbocycles. The van der Waals surface area contributed by atoms with Gasteiger partial charge >= 0.3 is 0 Å². The molecule has 2 rings (SSSR count). The van der Waals surface area contributed by atoms with Gasteiger partial charge in [0.15, 0.2) is 5.78 Å². The van der Waals surface area contributed by atoms with Crippen molar-refractivity contribution in [2.45, 2.75) is 12.3 Å². The molecule has 0 saturated heterocycles. The van der Waals surface area contributed by atoms with Crippen molar-refractivity contribution in [2.24, 2.45) is 0 Å². The molecular weight excluding hydrogens is 295 g/mol. The predicted molar refractivity (Wildman–Crippen MR) is 77.8 cm³/mol. The van der Waals surface area contributed by atoms with Crippen molar-refractivity contribution in [1.82, 2.24) is 4.98 Å². The monoisotopic (exact) mass is 304 g/mol. The second-order valence-electron chi connectivity index (χ2n) is 4.16. The number of hydrogen-bond acceptors (Lipinski definition) is 3. The van der Waals surface area contributed by atoms with Crippen LogP contribution in [0.25, 0.3) is 0 Å². The molecule has 0 aliphatic heterocycles. The maximum Gasteiger partial charge on any atom is 0.160 e. The number of halogens is 2. The Kier molecular flexibility index (Phi) is 4.73. The van der Waals surface area contributed by atoms with Gasteiger partial charge in [-0.25, -0.2) is 0 Å². The number of benzene rings is 1. The highest BCUT2D eigenvalue weighted by molar-refractivity contribution is 6.36. The number of hydrogen-bond donors (Lipinski definition) is 0. The van der Waals surface area contributed by atoms with Gasteiger partial charge < -0.3 is 0 Å². The molecule has 5 heteroatoms. The lowest BCUT2D eigenvalue weighted by atomic mass is 9.95. The van der Waals surface area contributed by atoms with Gasteiger partial charge in [-0.3, -0.25) is 9.78 Å². The minimum Gasteiger partial charge on any atom is -0.297 e. The van der Waals surface area contributed by atoms with Crippen LogP contribution in [0.4, 0.5) is 0 Å². The van der Waals surface area contributed by atoms with E-state index in [0.29, 0.717) is 21.3 Å². The molecule has 3 nitrogen and oxygen atoms in total. The van der Waals surface area contributed by atoms with Crippen molar-refractivity contribution in [2.75, 3.05) is 0 Å². The van der Waals surface area contributed by atoms with E-state index in [4.69, 9.17) is 23.2 Å². The van der Waals surface area contributed by atoms with Crippen LogP contribution in [0.2, 0.25) is 10.0 Å². The number of carbonyl (C=O) groups is 1. The molecule has 0 bridgehead atoms. The first kappa shape index (κ1) is 14.5. The van der Waals surface area contributed by atoms with Gasteiger partial charge in [0, 0.05) is 22.7 Å². The fourth-order valence-electron chi connectivity index (χ4n) is 1.83. The Morgan fingerprint density at radius 2 is 1.90 bits per heavy atom. The highest BCUT2D eigenvalue weighted by Crippen LogP contribution is 2.27. The van der Waals surface area contributed by atoms with Crippen LogP contribution in [0.3, 0.4) is 0 Å². The molecule has 0 radical (unpaired) electrons. The number of carbonyl (C=O) groups excluding carboxylic acids is 1. The Bertz CT molecular complexity index is 645. The van der Waals surface area contributed by atoms with E-state index < -0.39 is 5.92 Å². The second kappa shape index (κ2) is 6.51.